The van der Waals surface area contributed by atoms with Gasteiger partial charge in [-0.3, -0.25) is 4.79 Å². The number of hydrogen-bond acceptors (Lipinski definition) is 3. The predicted octanol–water partition coefficient (Wildman–Crippen LogP) is 6.84. The number of hydrogen-bond donors (Lipinski definition) is 1. The van der Waals surface area contributed by atoms with Crippen molar-refractivity contribution in [1.29, 1.82) is 0 Å². The van der Waals surface area contributed by atoms with Crippen molar-refractivity contribution < 1.29 is 35.2 Å². The molecule has 4 rings (SSSR count). The highest BCUT2D eigenvalue weighted by molar-refractivity contribution is 7.91. The first-order valence-electron chi connectivity index (χ1n) is 11.6. The molecule has 0 saturated heterocycles. The number of halogens is 6. The summed E-state index contributed by atoms with van der Waals surface area (Å²) < 4.78 is 92.6. The Morgan fingerprint density at radius 1 is 1.03 bits per heavy atom. The minimum absolute atomic E-state index is 0.0538. The third-order valence-electron chi connectivity index (χ3n) is 6.82. The quantitative estimate of drug-likeness (QED) is 0.385. The smallest absolute Gasteiger partial charge is 0.345 e. The molecule has 1 atom stereocenters. The molecule has 36 heavy (non-hydrogen) atoms. The van der Waals surface area contributed by atoms with Gasteiger partial charge in [-0.2, -0.15) is 13.2 Å². The van der Waals surface area contributed by atoms with Crippen molar-refractivity contribution in [3.63, 3.8) is 0 Å². The van der Waals surface area contributed by atoms with Gasteiger partial charge in [0.2, 0.25) is 5.92 Å². The van der Waals surface area contributed by atoms with Crippen molar-refractivity contribution in [1.82, 2.24) is 5.32 Å². The Bertz CT molecular complexity index is 1220. The molecule has 0 bridgehead atoms. The molecule has 2 saturated carbocycles. The number of benzene rings is 2. The van der Waals surface area contributed by atoms with E-state index in [1.54, 1.807) is 0 Å². The lowest BCUT2D eigenvalue weighted by molar-refractivity contribution is -0.137. The van der Waals surface area contributed by atoms with Crippen LogP contribution in [-0.4, -0.2) is 26.0 Å². The van der Waals surface area contributed by atoms with Gasteiger partial charge in [0.1, 0.15) is 0 Å². The summed E-state index contributed by atoms with van der Waals surface area (Å²) in [6, 6.07) is 8.05. The van der Waals surface area contributed by atoms with Gasteiger partial charge in [-0.05, 0) is 67.3 Å². The minimum atomic E-state index is -4.76. The van der Waals surface area contributed by atoms with Crippen LogP contribution in [0.15, 0.2) is 47.4 Å². The number of sulfone groups is 1. The van der Waals surface area contributed by atoms with Crippen molar-refractivity contribution >= 4 is 27.3 Å². The van der Waals surface area contributed by atoms with Crippen molar-refractivity contribution in [3.8, 4) is 0 Å². The maximum absolute atomic E-state index is 13.8. The first-order valence-corrected chi connectivity index (χ1v) is 13.7. The molecular weight excluding hydrogens is 525 g/mol. The van der Waals surface area contributed by atoms with Crippen LogP contribution in [0.4, 0.5) is 22.0 Å². The summed E-state index contributed by atoms with van der Waals surface area (Å²) in [6.07, 6.45) is -3.63. The van der Waals surface area contributed by atoms with Gasteiger partial charge in [-0.1, -0.05) is 29.8 Å². The molecule has 11 heteroatoms. The summed E-state index contributed by atoms with van der Waals surface area (Å²) in [4.78, 5) is 13.2. The summed E-state index contributed by atoms with van der Waals surface area (Å²) in [5, 5.41) is 1.93. The van der Waals surface area contributed by atoms with Crippen molar-refractivity contribution in [2.24, 2.45) is 11.8 Å². The molecule has 0 spiro atoms. The highest BCUT2D eigenvalue weighted by Crippen LogP contribution is 2.42. The third kappa shape index (κ3) is 6.19. The number of nitrogens with one attached hydrogen (secondary N) is 1. The van der Waals surface area contributed by atoms with Gasteiger partial charge in [-0.15, -0.1) is 0 Å². The van der Waals surface area contributed by atoms with Gasteiger partial charge in [0.05, 0.1) is 32.8 Å². The lowest BCUT2D eigenvalue weighted by Gasteiger charge is -2.34. The second-order valence-electron chi connectivity index (χ2n) is 9.60. The van der Waals surface area contributed by atoms with Crippen LogP contribution in [0.1, 0.15) is 66.1 Å². The Hall–Kier alpha value is -2.20. The van der Waals surface area contributed by atoms with E-state index in [9.17, 15) is 35.2 Å². The molecule has 0 heterocycles. The summed E-state index contributed by atoms with van der Waals surface area (Å²) in [5.41, 5.74) is -1.07. The molecule has 1 N–H and O–H groups in total. The number of alkyl halides is 5. The Morgan fingerprint density at radius 3 is 2.19 bits per heavy atom. The first-order chi connectivity index (χ1) is 16.8. The van der Waals surface area contributed by atoms with Gasteiger partial charge in [-0.25, -0.2) is 17.2 Å². The fraction of sp³-hybridized carbons (Fsp3) is 0.480. The average Bonchev–Trinajstić information content (AvgIpc) is 3.60. The second-order valence-corrected chi connectivity index (χ2v) is 12.0. The van der Waals surface area contributed by atoms with Crippen LogP contribution in [0.2, 0.25) is 5.02 Å². The zero-order valence-corrected chi connectivity index (χ0v) is 20.7. The van der Waals surface area contributed by atoms with Crippen molar-refractivity contribution in [3.05, 3.63) is 64.2 Å². The SMILES string of the molecule is O=C(NC(c1ccc(S(=O)(=O)CC2CC2)cc1)C1CCC(F)(F)CC1)c1cccc(C(F)(F)F)c1Cl. The van der Waals surface area contributed by atoms with Crippen LogP contribution >= 0.6 is 11.6 Å². The van der Waals surface area contributed by atoms with Crippen molar-refractivity contribution in [2.75, 3.05) is 5.75 Å². The largest absolute Gasteiger partial charge is 0.417 e. The fourth-order valence-electron chi connectivity index (χ4n) is 4.59. The molecule has 1 amide bonds. The molecule has 1 unspecified atom stereocenters. The Kier molecular flexibility index (Phi) is 7.41. The zero-order chi connectivity index (χ0) is 26.3. The lowest BCUT2D eigenvalue weighted by Crippen LogP contribution is -2.37. The minimum Gasteiger partial charge on any atom is -0.345 e. The molecule has 2 aromatic carbocycles. The Morgan fingerprint density at radius 2 is 1.64 bits per heavy atom. The molecule has 0 aliphatic heterocycles. The number of carbonyl (C=O) groups is 1. The van der Waals surface area contributed by atoms with E-state index in [0.717, 1.165) is 31.0 Å². The molecule has 2 fully saturated rings. The number of rotatable bonds is 7. The van der Waals surface area contributed by atoms with Gasteiger partial charge >= 0.3 is 6.18 Å². The molecule has 2 aromatic rings. The van der Waals surface area contributed by atoms with Crippen LogP contribution in [0.25, 0.3) is 0 Å². The summed E-state index contributed by atoms with van der Waals surface area (Å²) in [6.45, 7) is 0. The van der Waals surface area contributed by atoms with E-state index in [0.29, 0.717) is 5.56 Å². The number of carbonyl (C=O) groups excluding carboxylic acids is 1. The van der Waals surface area contributed by atoms with E-state index in [1.165, 1.54) is 24.3 Å². The van der Waals surface area contributed by atoms with Gasteiger partial charge in [0.25, 0.3) is 5.91 Å². The maximum Gasteiger partial charge on any atom is 0.417 e. The van der Waals surface area contributed by atoms with E-state index in [2.05, 4.69) is 5.32 Å². The second kappa shape index (κ2) is 9.93. The van der Waals surface area contributed by atoms with Crippen LogP contribution in [0, 0.1) is 11.8 Å². The summed E-state index contributed by atoms with van der Waals surface area (Å²) in [5.74, 6) is -3.91. The highest BCUT2D eigenvalue weighted by Gasteiger charge is 2.39. The van der Waals surface area contributed by atoms with Crippen LogP contribution < -0.4 is 5.32 Å². The van der Waals surface area contributed by atoms with E-state index in [1.807, 2.05) is 0 Å². The monoisotopic (exact) mass is 549 g/mol. The summed E-state index contributed by atoms with van der Waals surface area (Å²) >= 11 is 5.91. The normalized spacial score (nSPS) is 19.6. The first kappa shape index (κ1) is 26.9. The maximum atomic E-state index is 13.8. The van der Waals surface area contributed by atoms with Gasteiger partial charge < -0.3 is 5.32 Å². The molecule has 4 nitrogen and oxygen atoms in total. The highest BCUT2D eigenvalue weighted by atomic mass is 35.5. The molecule has 0 radical (unpaired) electrons. The van der Waals surface area contributed by atoms with Gasteiger partial charge in [0, 0.05) is 12.8 Å². The van der Waals surface area contributed by atoms with E-state index < -0.39 is 50.4 Å². The molecular formula is C25H25ClF5NO3S. The molecule has 0 aromatic heterocycles. The Labute approximate surface area is 211 Å². The lowest BCUT2D eigenvalue weighted by atomic mass is 9.79. The summed E-state index contributed by atoms with van der Waals surface area (Å²) in [7, 11) is -3.48. The van der Waals surface area contributed by atoms with Crippen LogP contribution in [-0.2, 0) is 16.0 Å². The van der Waals surface area contributed by atoms with E-state index in [4.69, 9.17) is 11.6 Å². The van der Waals surface area contributed by atoms with Crippen LogP contribution in [0.3, 0.4) is 0 Å². The Balaban J connectivity index is 1.62. The zero-order valence-electron chi connectivity index (χ0n) is 19.1. The molecule has 2 aliphatic carbocycles. The predicted molar refractivity (Wildman–Crippen MR) is 125 cm³/mol. The average molecular weight is 550 g/mol. The third-order valence-corrected chi connectivity index (χ3v) is 9.13. The van der Waals surface area contributed by atoms with Crippen LogP contribution in [0.5, 0.6) is 0 Å². The topological polar surface area (TPSA) is 63.2 Å². The number of amides is 1. The molecule has 196 valence electrons. The van der Waals surface area contributed by atoms with E-state index in [-0.39, 0.29) is 47.8 Å². The fourth-order valence-corrected chi connectivity index (χ4v) is 6.60. The van der Waals surface area contributed by atoms with Gasteiger partial charge in [0.15, 0.2) is 9.84 Å². The van der Waals surface area contributed by atoms with E-state index >= 15 is 0 Å². The standard InChI is InChI=1S/C25H25ClF5NO3S/c26-21-19(2-1-3-20(21)25(29,30)31)23(33)32-22(17-10-12-24(27,28)13-11-17)16-6-8-18(9-7-16)36(34,35)14-15-4-5-15/h1-3,6-9,15,17,22H,4-5,10-14H2,(H,32,33). The van der Waals surface area contributed by atoms with Crippen molar-refractivity contribution in [2.45, 2.75) is 61.6 Å². The molecule has 2 aliphatic rings.